The minimum atomic E-state index is 0.739. The van der Waals surface area contributed by atoms with Crippen LogP contribution in [-0.2, 0) is 0 Å². The highest BCUT2D eigenvalue weighted by atomic mass is 15.3. The third kappa shape index (κ3) is 4.17. The van der Waals surface area contributed by atoms with Gasteiger partial charge >= 0.3 is 0 Å². The summed E-state index contributed by atoms with van der Waals surface area (Å²) in [5.74, 6) is 0. The Hall–Kier alpha value is -0.120. The summed E-state index contributed by atoms with van der Waals surface area (Å²) < 4.78 is 0. The van der Waals surface area contributed by atoms with Gasteiger partial charge in [0.2, 0.25) is 0 Å². The van der Waals surface area contributed by atoms with E-state index in [0.717, 1.165) is 18.1 Å². The van der Waals surface area contributed by atoms with E-state index in [2.05, 4.69) is 35.9 Å². The average Bonchev–Trinajstić information content (AvgIpc) is 2.45. The quantitative estimate of drug-likeness (QED) is 0.825. The summed E-state index contributed by atoms with van der Waals surface area (Å²) in [6.07, 6.45) is 6.85. The summed E-state index contributed by atoms with van der Waals surface area (Å²) in [6.45, 7) is 13.2. The van der Waals surface area contributed by atoms with E-state index in [9.17, 15) is 0 Å². The molecule has 2 aliphatic rings. The van der Waals surface area contributed by atoms with Gasteiger partial charge in [-0.1, -0.05) is 20.3 Å². The van der Waals surface area contributed by atoms with Crippen molar-refractivity contribution in [2.24, 2.45) is 0 Å². The molecule has 2 fully saturated rings. The van der Waals surface area contributed by atoms with Crippen LogP contribution >= 0.6 is 0 Å². The maximum Gasteiger partial charge on any atom is 0.0195 e. The fraction of sp³-hybridized carbons (Fsp3) is 1.00. The van der Waals surface area contributed by atoms with E-state index < -0.39 is 0 Å². The highest BCUT2D eigenvalue weighted by Crippen LogP contribution is 2.25. The molecule has 0 aromatic carbocycles. The molecule has 0 aromatic heterocycles. The summed E-state index contributed by atoms with van der Waals surface area (Å²) >= 11 is 0. The molecule has 0 bridgehead atoms. The lowest BCUT2D eigenvalue weighted by atomic mass is 9.89. The first-order chi connectivity index (χ1) is 9.24. The molecule has 3 heteroatoms. The first-order valence-corrected chi connectivity index (χ1v) is 8.46. The van der Waals surface area contributed by atoms with Gasteiger partial charge in [-0.15, -0.1) is 0 Å². The largest absolute Gasteiger partial charge is 0.314 e. The Labute approximate surface area is 119 Å². The monoisotopic (exact) mass is 267 g/mol. The van der Waals surface area contributed by atoms with Crippen molar-refractivity contribution in [3.8, 4) is 0 Å². The first kappa shape index (κ1) is 15.3. The number of likely N-dealkylation sites (N-methyl/N-ethyl adjacent to an activating group) is 1. The zero-order chi connectivity index (χ0) is 13.7. The van der Waals surface area contributed by atoms with Crippen molar-refractivity contribution < 1.29 is 0 Å². The Bertz CT molecular complexity index is 256. The van der Waals surface area contributed by atoms with Crippen LogP contribution in [0.2, 0.25) is 0 Å². The van der Waals surface area contributed by atoms with Gasteiger partial charge in [-0.3, -0.25) is 9.80 Å². The van der Waals surface area contributed by atoms with Crippen molar-refractivity contribution in [3.63, 3.8) is 0 Å². The predicted molar refractivity (Wildman–Crippen MR) is 82.6 cm³/mol. The Morgan fingerprint density at radius 3 is 2.68 bits per heavy atom. The predicted octanol–water partition coefficient (Wildman–Crippen LogP) is 2.32. The van der Waals surface area contributed by atoms with Gasteiger partial charge in [-0.05, 0) is 45.7 Å². The zero-order valence-electron chi connectivity index (χ0n) is 13.2. The lowest BCUT2D eigenvalue weighted by molar-refractivity contribution is 0.0414. The normalized spacial score (nSPS) is 34.6. The van der Waals surface area contributed by atoms with Crippen molar-refractivity contribution in [3.05, 3.63) is 0 Å². The smallest absolute Gasteiger partial charge is 0.0195 e. The van der Waals surface area contributed by atoms with Gasteiger partial charge in [-0.2, -0.15) is 0 Å². The van der Waals surface area contributed by atoms with Crippen LogP contribution in [0.3, 0.4) is 0 Å². The molecule has 0 aromatic rings. The fourth-order valence-corrected chi connectivity index (χ4v) is 3.85. The van der Waals surface area contributed by atoms with Gasteiger partial charge in [0.25, 0.3) is 0 Å². The van der Waals surface area contributed by atoms with E-state index in [1.54, 1.807) is 0 Å². The molecule has 1 heterocycles. The maximum atomic E-state index is 3.73. The molecule has 19 heavy (non-hydrogen) atoms. The third-order valence-electron chi connectivity index (χ3n) is 5.05. The number of nitrogens with one attached hydrogen (secondary N) is 1. The van der Waals surface area contributed by atoms with Crippen molar-refractivity contribution >= 4 is 0 Å². The van der Waals surface area contributed by atoms with E-state index in [1.165, 1.54) is 64.8 Å². The molecular formula is C16H33N3. The van der Waals surface area contributed by atoms with Crippen LogP contribution in [0.5, 0.6) is 0 Å². The number of hydrogen-bond donors (Lipinski definition) is 1. The van der Waals surface area contributed by atoms with Crippen LogP contribution in [0.15, 0.2) is 0 Å². The lowest BCUT2D eigenvalue weighted by Gasteiger charge is -2.45. The minimum Gasteiger partial charge on any atom is -0.314 e. The molecule has 3 unspecified atom stereocenters. The second-order valence-electron chi connectivity index (χ2n) is 6.44. The topological polar surface area (TPSA) is 18.5 Å². The molecule has 0 radical (unpaired) electrons. The minimum absolute atomic E-state index is 0.739. The van der Waals surface area contributed by atoms with Gasteiger partial charge in [0.15, 0.2) is 0 Å². The van der Waals surface area contributed by atoms with Crippen LogP contribution in [0.1, 0.15) is 52.9 Å². The highest BCUT2D eigenvalue weighted by molar-refractivity contribution is 4.88. The number of rotatable bonds is 5. The molecule has 1 saturated heterocycles. The van der Waals surface area contributed by atoms with Crippen LogP contribution in [0, 0.1) is 0 Å². The average molecular weight is 267 g/mol. The maximum absolute atomic E-state index is 3.73. The summed E-state index contributed by atoms with van der Waals surface area (Å²) in [5.41, 5.74) is 0. The van der Waals surface area contributed by atoms with Crippen LogP contribution in [0.25, 0.3) is 0 Å². The highest BCUT2D eigenvalue weighted by Gasteiger charge is 2.30. The summed E-state index contributed by atoms with van der Waals surface area (Å²) in [5, 5.41) is 3.73. The Morgan fingerprint density at radius 1 is 1.16 bits per heavy atom. The van der Waals surface area contributed by atoms with Crippen LogP contribution in [0.4, 0.5) is 0 Å². The van der Waals surface area contributed by atoms with Gasteiger partial charge in [0.05, 0.1) is 0 Å². The first-order valence-electron chi connectivity index (χ1n) is 8.46. The number of piperazine rings is 1. The Balaban J connectivity index is 1.81. The molecule has 0 amide bonds. The molecule has 1 saturated carbocycles. The molecule has 1 aliphatic heterocycles. The molecule has 3 nitrogen and oxygen atoms in total. The summed E-state index contributed by atoms with van der Waals surface area (Å²) in [7, 11) is 0. The molecule has 1 aliphatic carbocycles. The van der Waals surface area contributed by atoms with Crippen molar-refractivity contribution in [1.29, 1.82) is 0 Å². The van der Waals surface area contributed by atoms with Crippen molar-refractivity contribution in [1.82, 2.24) is 15.1 Å². The van der Waals surface area contributed by atoms with Gasteiger partial charge in [0, 0.05) is 37.8 Å². The summed E-state index contributed by atoms with van der Waals surface area (Å²) in [6, 6.07) is 2.35. The SMILES string of the molecule is CCCNC1CCCC(N2CCN(CC)C(C)C2)C1. The standard InChI is InChI=1S/C16H33N3/c1-4-9-17-15-7-6-8-16(12-15)19-11-10-18(5-2)14(3)13-19/h14-17H,4-13H2,1-3H3. The third-order valence-corrected chi connectivity index (χ3v) is 5.05. The molecule has 2 rings (SSSR count). The second-order valence-corrected chi connectivity index (χ2v) is 6.44. The lowest BCUT2D eigenvalue weighted by Crippen LogP contribution is -2.56. The summed E-state index contributed by atoms with van der Waals surface area (Å²) in [4.78, 5) is 5.39. The van der Waals surface area contributed by atoms with E-state index in [0.29, 0.717) is 0 Å². The molecule has 1 N–H and O–H groups in total. The van der Waals surface area contributed by atoms with Gasteiger partial charge in [0.1, 0.15) is 0 Å². The van der Waals surface area contributed by atoms with E-state index in [1.807, 2.05) is 0 Å². The van der Waals surface area contributed by atoms with Crippen molar-refractivity contribution in [2.45, 2.75) is 71.0 Å². The second kappa shape index (κ2) is 7.61. The molecular weight excluding hydrogens is 234 g/mol. The van der Waals surface area contributed by atoms with Gasteiger partial charge in [-0.25, -0.2) is 0 Å². The Kier molecular flexibility index (Phi) is 6.11. The van der Waals surface area contributed by atoms with Gasteiger partial charge < -0.3 is 5.32 Å². The van der Waals surface area contributed by atoms with E-state index >= 15 is 0 Å². The van der Waals surface area contributed by atoms with Crippen molar-refractivity contribution in [2.75, 3.05) is 32.7 Å². The molecule has 3 atom stereocenters. The fourth-order valence-electron chi connectivity index (χ4n) is 3.85. The number of hydrogen-bond acceptors (Lipinski definition) is 3. The zero-order valence-corrected chi connectivity index (χ0v) is 13.2. The van der Waals surface area contributed by atoms with Crippen LogP contribution in [-0.4, -0.2) is 60.6 Å². The van der Waals surface area contributed by atoms with Crippen LogP contribution < -0.4 is 5.32 Å². The van der Waals surface area contributed by atoms with E-state index in [4.69, 9.17) is 0 Å². The number of nitrogens with zero attached hydrogens (tertiary/aromatic N) is 2. The van der Waals surface area contributed by atoms with E-state index in [-0.39, 0.29) is 0 Å². The molecule has 0 spiro atoms. The molecule has 112 valence electrons. The Morgan fingerprint density at radius 2 is 2.00 bits per heavy atom.